The summed E-state index contributed by atoms with van der Waals surface area (Å²) in [7, 11) is 4.09. The zero-order chi connectivity index (χ0) is 35.8. The van der Waals surface area contributed by atoms with Crippen LogP contribution in [0.4, 0.5) is 0 Å². The van der Waals surface area contributed by atoms with Gasteiger partial charge in [0.25, 0.3) is 0 Å². The van der Waals surface area contributed by atoms with Gasteiger partial charge in [-0.05, 0) is 64.8 Å². The Bertz CT molecular complexity index is 810. The molecule has 0 aromatic rings. The number of allylic oxidation sites excluding steroid dienone is 6. The summed E-state index contributed by atoms with van der Waals surface area (Å²) in [5.74, 6) is -0.163. The Balaban J connectivity index is 0. The first kappa shape index (κ1) is 47.9. The summed E-state index contributed by atoms with van der Waals surface area (Å²) >= 11 is 0. The van der Waals surface area contributed by atoms with E-state index in [1.54, 1.807) is 0 Å². The van der Waals surface area contributed by atoms with Crippen molar-refractivity contribution >= 4 is 11.9 Å². The summed E-state index contributed by atoms with van der Waals surface area (Å²) in [6.07, 6.45) is 38.1. The van der Waals surface area contributed by atoms with E-state index in [0.29, 0.717) is 26.1 Å². The molecule has 3 N–H and O–H groups in total. The highest BCUT2D eigenvalue weighted by molar-refractivity contribution is 5.69. The van der Waals surface area contributed by atoms with Gasteiger partial charge >= 0.3 is 11.9 Å². The molecule has 7 nitrogen and oxygen atoms in total. The first-order valence-corrected chi connectivity index (χ1v) is 19.4. The molecule has 1 unspecified atom stereocenters. The number of unbranched alkanes of at least 4 members (excludes halogenated alkanes) is 13. The van der Waals surface area contributed by atoms with Crippen molar-refractivity contribution in [1.82, 2.24) is 10.2 Å². The molecule has 280 valence electrons. The first-order chi connectivity index (χ1) is 23.4. The SMILES string of the molecule is CCCC/C=C/C=C/COC(=O)CCCCCCCC(N)CN(C)CCNC.CCCCCC=C/C=C/COC(=O)CCCCCCC. The lowest BCUT2D eigenvalue weighted by Gasteiger charge is -2.21. The van der Waals surface area contributed by atoms with Crippen LogP contribution in [0.1, 0.15) is 149 Å². The van der Waals surface area contributed by atoms with E-state index in [1.165, 1.54) is 64.2 Å². The minimum Gasteiger partial charge on any atom is -0.461 e. The van der Waals surface area contributed by atoms with Gasteiger partial charge in [0.2, 0.25) is 0 Å². The van der Waals surface area contributed by atoms with Crippen molar-refractivity contribution in [1.29, 1.82) is 0 Å². The Morgan fingerprint density at radius 2 is 1.10 bits per heavy atom. The Hall–Kier alpha value is -2.22. The molecule has 1 atom stereocenters. The third-order valence-electron chi connectivity index (χ3n) is 7.88. The number of nitrogens with one attached hydrogen (secondary N) is 1. The second-order valence-electron chi connectivity index (χ2n) is 12.8. The fraction of sp³-hybridized carbons (Fsp3) is 0.756. The smallest absolute Gasteiger partial charge is 0.306 e. The highest BCUT2D eigenvalue weighted by atomic mass is 16.5. The van der Waals surface area contributed by atoms with Crippen LogP contribution in [0.15, 0.2) is 48.6 Å². The highest BCUT2D eigenvalue weighted by Gasteiger charge is 2.07. The van der Waals surface area contributed by atoms with Crippen molar-refractivity contribution in [2.45, 2.75) is 155 Å². The standard InChI is InChI=1S/C23H45N3O2.C18H32O2/c1-4-5-6-7-8-12-15-20-28-23(27)17-14-11-9-10-13-16-22(24)21-26(3)19-18-25-2;1-3-5-7-9-10-11-13-15-17-20-18(19)16-14-12-8-6-4-2/h7-8,12,15,22,25H,4-6,9-11,13-14,16-21,24H2,1-3H3;10-11,13,15H,3-9,12,14,16-17H2,1-2H3/b8-7+,15-12+;11-10?,15-13+. The normalized spacial score (nSPS) is 12.4. The average Bonchev–Trinajstić information content (AvgIpc) is 3.07. The minimum absolute atomic E-state index is 0.0712. The summed E-state index contributed by atoms with van der Waals surface area (Å²) in [5.41, 5.74) is 6.19. The van der Waals surface area contributed by atoms with Gasteiger partial charge in [0.1, 0.15) is 13.2 Å². The van der Waals surface area contributed by atoms with Crippen LogP contribution < -0.4 is 11.1 Å². The molecule has 0 aromatic heterocycles. The molecule has 7 heteroatoms. The number of ether oxygens (including phenoxy) is 2. The molecule has 0 spiro atoms. The number of nitrogens with two attached hydrogens (primary N) is 1. The molecule has 0 bridgehead atoms. The number of hydrogen-bond acceptors (Lipinski definition) is 7. The Kier molecular flexibility index (Phi) is 40.9. The summed E-state index contributed by atoms with van der Waals surface area (Å²) < 4.78 is 10.3. The number of likely N-dealkylation sites (N-methyl/N-ethyl adjacent to an activating group) is 2. The van der Waals surface area contributed by atoms with E-state index in [1.807, 2.05) is 43.5 Å². The van der Waals surface area contributed by atoms with Crippen LogP contribution in [-0.2, 0) is 19.1 Å². The lowest BCUT2D eigenvalue weighted by molar-refractivity contribution is -0.143. The summed E-state index contributed by atoms with van der Waals surface area (Å²) in [4.78, 5) is 25.4. The van der Waals surface area contributed by atoms with Gasteiger partial charge in [0, 0.05) is 38.5 Å². The van der Waals surface area contributed by atoms with E-state index in [-0.39, 0.29) is 18.0 Å². The topological polar surface area (TPSA) is 93.9 Å². The van der Waals surface area contributed by atoms with Gasteiger partial charge in [-0.1, -0.05) is 134 Å². The Morgan fingerprint density at radius 3 is 1.65 bits per heavy atom. The number of rotatable bonds is 32. The van der Waals surface area contributed by atoms with E-state index >= 15 is 0 Å². The van der Waals surface area contributed by atoms with Gasteiger partial charge in [-0.2, -0.15) is 0 Å². The Labute approximate surface area is 297 Å². The second kappa shape index (κ2) is 41.0. The van der Waals surface area contributed by atoms with Gasteiger partial charge in [0.15, 0.2) is 0 Å². The van der Waals surface area contributed by atoms with E-state index in [0.717, 1.165) is 71.0 Å². The average molecular weight is 676 g/mol. The van der Waals surface area contributed by atoms with Gasteiger partial charge < -0.3 is 25.4 Å². The number of carbonyl (C=O) groups excluding carboxylic acids is 2. The van der Waals surface area contributed by atoms with E-state index < -0.39 is 0 Å². The predicted octanol–water partition coefficient (Wildman–Crippen LogP) is 9.62. The molecule has 0 saturated carbocycles. The predicted molar refractivity (Wildman–Crippen MR) is 207 cm³/mol. The monoisotopic (exact) mass is 676 g/mol. The molecular formula is C41H77N3O4. The van der Waals surface area contributed by atoms with E-state index in [2.05, 4.69) is 50.2 Å². The van der Waals surface area contributed by atoms with Crippen molar-refractivity contribution < 1.29 is 19.1 Å². The zero-order valence-electron chi connectivity index (χ0n) is 32.0. The zero-order valence-corrected chi connectivity index (χ0v) is 32.0. The van der Waals surface area contributed by atoms with Crippen LogP contribution in [0.25, 0.3) is 0 Å². The molecule has 0 heterocycles. The minimum atomic E-state index is -0.0914. The summed E-state index contributed by atoms with van der Waals surface area (Å²) in [6.45, 7) is 10.3. The lowest BCUT2D eigenvalue weighted by atomic mass is 10.1. The van der Waals surface area contributed by atoms with E-state index in [9.17, 15) is 9.59 Å². The fourth-order valence-electron chi connectivity index (χ4n) is 4.84. The third-order valence-corrected chi connectivity index (χ3v) is 7.88. The molecule has 0 aliphatic heterocycles. The van der Waals surface area contributed by atoms with Crippen LogP contribution in [-0.4, -0.2) is 69.8 Å². The molecular weight excluding hydrogens is 598 g/mol. The van der Waals surface area contributed by atoms with Crippen molar-refractivity contribution in [2.75, 3.05) is 46.9 Å². The van der Waals surface area contributed by atoms with Crippen LogP contribution in [0.3, 0.4) is 0 Å². The maximum absolute atomic E-state index is 11.7. The number of nitrogens with zero attached hydrogens (tertiary/aromatic N) is 1. The van der Waals surface area contributed by atoms with Crippen LogP contribution >= 0.6 is 0 Å². The number of hydrogen-bond donors (Lipinski definition) is 2. The van der Waals surface area contributed by atoms with Gasteiger partial charge in [-0.25, -0.2) is 0 Å². The molecule has 0 aliphatic rings. The van der Waals surface area contributed by atoms with Crippen LogP contribution in [0.2, 0.25) is 0 Å². The molecule has 0 fully saturated rings. The molecule has 0 aromatic carbocycles. The van der Waals surface area contributed by atoms with Crippen molar-refractivity contribution in [3.63, 3.8) is 0 Å². The molecule has 0 rings (SSSR count). The second-order valence-corrected chi connectivity index (χ2v) is 12.8. The van der Waals surface area contributed by atoms with Gasteiger partial charge in [-0.3, -0.25) is 9.59 Å². The fourth-order valence-corrected chi connectivity index (χ4v) is 4.84. The molecule has 0 saturated heterocycles. The number of carbonyl (C=O) groups is 2. The third kappa shape index (κ3) is 41.8. The van der Waals surface area contributed by atoms with Crippen molar-refractivity contribution in [3.8, 4) is 0 Å². The Morgan fingerprint density at radius 1 is 0.646 bits per heavy atom. The van der Waals surface area contributed by atoms with Crippen LogP contribution in [0.5, 0.6) is 0 Å². The van der Waals surface area contributed by atoms with E-state index in [4.69, 9.17) is 15.2 Å². The maximum Gasteiger partial charge on any atom is 0.306 e. The quantitative estimate of drug-likeness (QED) is 0.0417. The van der Waals surface area contributed by atoms with Crippen molar-refractivity contribution in [2.24, 2.45) is 5.73 Å². The number of esters is 2. The molecule has 0 radical (unpaired) electrons. The summed E-state index contributed by atoms with van der Waals surface area (Å²) in [6, 6.07) is 0.256. The summed E-state index contributed by atoms with van der Waals surface area (Å²) in [5, 5.41) is 3.16. The van der Waals surface area contributed by atoms with Gasteiger partial charge in [-0.15, -0.1) is 0 Å². The first-order valence-electron chi connectivity index (χ1n) is 19.4. The highest BCUT2D eigenvalue weighted by Crippen LogP contribution is 2.10. The molecule has 0 aliphatic carbocycles. The molecule has 48 heavy (non-hydrogen) atoms. The molecule has 0 amide bonds. The largest absolute Gasteiger partial charge is 0.461 e. The van der Waals surface area contributed by atoms with Gasteiger partial charge in [0.05, 0.1) is 0 Å². The lowest BCUT2D eigenvalue weighted by Crippen LogP contribution is -2.38. The van der Waals surface area contributed by atoms with Crippen LogP contribution in [0, 0.1) is 0 Å². The maximum atomic E-state index is 11.7. The van der Waals surface area contributed by atoms with Crippen molar-refractivity contribution in [3.05, 3.63) is 48.6 Å².